The van der Waals surface area contributed by atoms with E-state index in [1.807, 2.05) is 0 Å². The molecule has 0 spiro atoms. The van der Waals surface area contributed by atoms with E-state index in [9.17, 15) is 9.59 Å². The molecule has 0 heterocycles. The average Bonchev–Trinajstić information content (AvgIpc) is 2.22. The highest BCUT2D eigenvalue weighted by Crippen LogP contribution is 1.97. The Morgan fingerprint density at radius 1 is 1.20 bits per heavy atom. The summed E-state index contributed by atoms with van der Waals surface area (Å²) in [6, 6.07) is 0. The Balaban J connectivity index is 4.19. The van der Waals surface area contributed by atoms with E-state index < -0.39 is 11.9 Å². The second-order valence-corrected chi connectivity index (χ2v) is 2.42. The van der Waals surface area contributed by atoms with E-state index in [2.05, 4.69) is 21.3 Å². The number of hydrogen-bond donors (Lipinski definition) is 0. The average molecular weight is 206 g/mol. The van der Waals surface area contributed by atoms with Gasteiger partial charge in [-0.2, -0.15) is 0 Å². The highest BCUT2D eigenvalue weighted by molar-refractivity contribution is 5.95. The molecule has 0 rings (SSSR count). The molecule has 0 aromatic rings. The topological polar surface area (TPSA) is 52.6 Å². The molecule has 0 aromatic carbocycles. The maximum Gasteiger partial charge on any atom is 0.334 e. The number of hydrogen-bond acceptors (Lipinski definition) is 4. The van der Waals surface area contributed by atoms with Crippen LogP contribution in [0.15, 0.2) is 11.6 Å². The lowest BCUT2D eigenvalue weighted by atomic mass is 10.3. The Labute approximate surface area is 88.2 Å². The maximum atomic E-state index is 11.1. The SMILES string of the molecule is C#CCOC(=O)/C=C(\C)C(=O)OCC#C. The third-order valence-corrected chi connectivity index (χ3v) is 1.24. The second kappa shape index (κ2) is 7.23. The summed E-state index contributed by atoms with van der Waals surface area (Å²) in [5.41, 5.74) is 0.104. The van der Waals surface area contributed by atoms with Crippen LogP contribution in [0, 0.1) is 24.7 Å². The first kappa shape index (κ1) is 12.8. The molecule has 0 aliphatic carbocycles. The monoisotopic (exact) mass is 206 g/mol. The highest BCUT2D eigenvalue weighted by atomic mass is 16.5. The minimum absolute atomic E-state index is 0.104. The first-order valence-corrected chi connectivity index (χ1v) is 4.01. The first-order chi connectivity index (χ1) is 7.11. The van der Waals surface area contributed by atoms with E-state index in [1.54, 1.807) is 0 Å². The third-order valence-electron chi connectivity index (χ3n) is 1.24. The van der Waals surface area contributed by atoms with Crippen LogP contribution in [0.3, 0.4) is 0 Å². The molecule has 0 amide bonds. The molecule has 0 aromatic heterocycles. The van der Waals surface area contributed by atoms with E-state index in [0.717, 1.165) is 6.08 Å². The molecule has 0 saturated heterocycles. The smallest absolute Gasteiger partial charge is 0.334 e. The fourth-order valence-electron chi connectivity index (χ4n) is 0.611. The summed E-state index contributed by atoms with van der Waals surface area (Å²) in [6.07, 6.45) is 10.8. The van der Waals surface area contributed by atoms with Crippen LogP contribution in [0.25, 0.3) is 0 Å². The quantitative estimate of drug-likeness (QED) is 0.377. The lowest BCUT2D eigenvalue weighted by Crippen LogP contribution is -2.09. The standard InChI is InChI=1S/C11H10O4/c1-4-6-14-10(12)8-9(3)11(13)15-7-5-2/h1-2,8H,6-7H2,3H3/b9-8+. The van der Waals surface area contributed by atoms with E-state index in [4.69, 9.17) is 12.8 Å². The van der Waals surface area contributed by atoms with Crippen LogP contribution in [0.2, 0.25) is 0 Å². The zero-order valence-corrected chi connectivity index (χ0v) is 8.28. The van der Waals surface area contributed by atoms with Crippen molar-refractivity contribution in [2.24, 2.45) is 0 Å². The van der Waals surface area contributed by atoms with Crippen LogP contribution >= 0.6 is 0 Å². The lowest BCUT2D eigenvalue weighted by Gasteiger charge is -2.00. The molecule has 78 valence electrons. The van der Waals surface area contributed by atoms with Gasteiger partial charge < -0.3 is 9.47 Å². The summed E-state index contributed by atoms with van der Waals surface area (Å²) < 4.78 is 9.08. The fraction of sp³-hybridized carbons (Fsp3) is 0.273. The van der Waals surface area contributed by atoms with Gasteiger partial charge in [0, 0.05) is 11.6 Å². The number of carbonyl (C=O) groups excluding carboxylic acids is 2. The van der Waals surface area contributed by atoms with Crippen molar-refractivity contribution < 1.29 is 19.1 Å². The van der Waals surface area contributed by atoms with Crippen molar-refractivity contribution in [2.45, 2.75) is 6.92 Å². The van der Waals surface area contributed by atoms with Gasteiger partial charge in [-0.05, 0) is 6.92 Å². The zero-order valence-electron chi connectivity index (χ0n) is 8.28. The van der Waals surface area contributed by atoms with Gasteiger partial charge in [0.25, 0.3) is 0 Å². The van der Waals surface area contributed by atoms with Gasteiger partial charge in [0.2, 0.25) is 0 Å². The number of esters is 2. The molecule has 0 N–H and O–H groups in total. The van der Waals surface area contributed by atoms with Crippen LogP contribution in [0.1, 0.15) is 6.92 Å². The molecule has 0 saturated carbocycles. The van der Waals surface area contributed by atoms with Crippen molar-refractivity contribution in [2.75, 3.05) is 13.2 Å². The lowest BCUT2D eigenvalue weighted by molar-refractivity contribution is -0.139. The molecule has 0 atom stereocenters. The van der Waals surface area contributed by atoms with E-state index in [-0.39, 0.29) is 18.8 Å². The van der Waals surface area contributed by atoms with Gasteiger partial charge >= 0.3 is 11.9 Å². The van der Waals surface area contributed by atoms with Crippen molar-refractivity contribution in [3.8, 4) is 24.7 Å². The first-order valence-electron chi connectivity index (χ1n) is 4.01. The summed E-state index contributed by atoms with van der Waals surface area (Å²) in [6.45, 7) is 1.14. The van der Waals surface area contributed by atoms with Crippen LogP contribution < -0.4 is 0 Å². The van der Waals surface area contributed by atoms with Crippen molar-refractivity contribution in [3.63, 3.8) is 0 Å². The molecule has 15 heavy (non-hydrogen) atoms. The fourth-order valence-corrected chi connectivity index (χ4v) is 0.611. The van der Waals surface area contributed by atoms with Gasteiger partial charge in [0.05, 0.1) is 0 Å². The molecule has 4 heteroatoms. The van der Waals surface area contributed by atoms with Gasteiger partial charge in [-0.25, -0.2) is 9.59 Å². The highest BCUT2D eigenvalue weighted by Gasteiger charge is 2.07. The zero-order chi connectivity index (χ0) is 11.7. The molecule has 4 nitrogen and oxygen atoms in total. The Kier molecular flexibility index (Phi) is 6.17. The Hall–Kier alpha value is -2.20. The molecule has 0 radical (unpaired) electrons. The van der Waals surface area contributed by atoms with E-state index in [0.29, 0.717) is 0 Å². The van der Waals surface area contributed by atoms with Crippen molar-refractivity contribution in [1.82, 2.24) is 0 Å². The minimum Gasteiger partial charge on any atom is -0.449 e. The van der Waals surface area contributed by atoms with Crippen LogP contribution in [-0.4, -0.2) is 25.2 Å². The summed E-state index contributed by atoms with van der Waals surface area (Å²) in [5.74, 6) is 2.90. The van der Waals surface area contributed by atoms with Gasteiger partial charge in [0.1, 0.15) is 0 Å². The summed E-state index contributed by atoms with van der Waals surface area (Å²) >= 11 is 0. The number of terminal acetylenes is 2. The Bertz CT molecular complexity index is 352. The largest absolute Gasteiger partial charge is 0.449 e. The summed E-state index contributed by atoms with van der Waals surface area (Å²) in [7, 11) is 0. The molecular weight excluding hydrogens is 196 g/mol. The van der Waals surface area contributed by atoms with Gasteiger partial charge in [-0.1, -0.05) is 11.8 Å². The van der Waals surface area contributed by atoms with Gasteiger partial charge in [-0.3, -0.25) is 0 Å². The van der Waals surface area contributed by atoms with Crippen molar-refractivity contribution in [1.29, 1.82) is 0 Å². The predicted octanol–water partition coefficient (Wildman–Crippen LogP) is 0.286. The predicted molar refractivity (Wildman–Crippen MR) is 53.3 cm³/mol. The number of carbonyl (C=O) groups is 2. The Morgan fingerprint density at radius 3 is 2.27 bits per heavy atom. The van der Waals surface area contributed by atoms with Crippen LogP contribution in [-0.2, 0) is 19.1 Å². The molecule has 0 aliphatic rings. The summed E-state index contributed by atoms with van der Waals surface area (Å²) in [4.78, 5) is 22.0. The minimum atomic E-state index is -0.692. The normalized spacial score (nSPS) is 9.67. The second-order valence-electron chi connectivity index (χ2n) is 2.42. The Morgan fingerprint density at radius 2 is 1.73 bits per heavy atom. The van der Waals surface area contributed by atoms with Crippen molar-refractivity contribution >= 4 is 11.9 Å². The van der Waals surface area contributed by atoms with E-state index in [1.165, 1.54) is 6.92 Å². The molecule has 0 fully saturated rings. The molecular formula is C11H10O4. The molecule has 0 aliphatic heterocycles. The molecule has 0 bridgehead atoms. The van der Waals surface area contributed by atoms with Crippen LogP contribution in [0.4, 0.5) is 0 Å². The van der Waals surface area contributed by atoms with Crippen molar-refractivity contribution in [3.05, 3.63) is 11.6 Å². The van der Waals surface area contributed by atoms with Gasteiger partial charge in [0.15, 0.2) is 13.2 Å². The summed E-state index contributed by atoms with van der Waals surface area (Å²) in [5, 5.41) is 0. The third kappa shape index (κ3) is 5.95. The van der Waals surface area contributed by atoms with E-state index >= 15 is 0 Å². The maximum absolute atomic E-state index is 11.1. The number of rotatable bonds is 4. The van der Waals surface area contributed by atoms with Gasteiger partial charge in [-0.15, -0.1) is 12.8 Å². The number of ether oxygens (including phenoxy) is 2. The van der Waals surface area contributed by atoms with Crippen LogP contribution in [0.5, 0.6) is 0 Å². The molecule has 0 unspecified atom stereocenters.